The molecule has 7 nitrogen and oxygen atoms in total. The van der Waals surface area contributed by atoms with Crippen molar-refractivity contribution in [2.75, 3.05) is 4.90 Å². The maximum absolute atomic E-state index is 13.5. The van der Waals surface area contributed by atoms with Crippen LogP contribution in [-0.4, -0.2) is 26.4 Å². The van der Waals surface area contributed by atoms with Gasteiger partial charge in [0.25, 0.3) is 5.91 Å². The normalized spacial score (nSPS) is 11.5. The molecule has 160 valence electrons. The van der Waals surface area contributed by atoms with E-state index in [2.05, 4.69) is 19.9 Å². The molecule has 2 amide bonds. The second-order valence-corrected chi connectivity index (χ2v) is 7.81. The number of benzene rings is 2. The van der Waals surface area contributed by atoms with E-state index in [1.807, 2.05) is 55.5 Å². The van der Waals surface area contributed by atoms with Gasteiger partial charge in [-0.25, -0.2) is 0 Å². The van der Waals surface area contributed by atoms with E-state index in [9.17, 15) is 9.59 Å². The standard InChI is InChI=1S/C24H21N5O2S/c1-17-7-5-11-20(13-17)29(24(31)21-16-32-28-27-21)22(19-10-6-12-25-15-19)23(30)26-14-18-8-3-2-4-9-18/h2-13,15-16,22H,14H2,1H3,(H,26,30)/t22-/m1/s1. The summed E-state index contributed by atoms with van der Waals surface area (Å²) in [5.74, 6) is -0.729. The molecule has 0 unspecified atom stereocenters. The van der Waals surface area contributed by atoms with Crippen molar-refractivity contribution in [2.45, 2.75) is 19.5 Å². The van der Waals surface area contributed by atoms with E-state index in [0.717, 1.165) is 22.7 Å². The van der Waals surface area contributed by atoms with Gasteiger partial charge in [0.15, 0.2) is 5.69 Å². The second kappa shape index (κ2) is 9.93. The van der Waals surface area contributed by atoms with Gasteiger partial charge in [-0.1, -0.05) is 53.0 Å². The Hall–Kier alpha value is -3.91. The molecule has 0 aliphatic heterocycles. The first-order chi connectivity index (χ1) is 15.6. The average molecular weight is 444 g/mol. The third-order valence-corrected chi connectivity index (χ3v) is 5.40. The molecule has 0 bridgehead atoms. The molecule has 8 heteroatoms. The number of rotatable bonds is 7. The van der Waals surface area contributed by atoms with Crippen molar-refractivity contribution in [1.29, 1.82) is 0 Å². The highest BCUT2D eigenvalue weighted by Crippen LogP contribution is 2.30. The van der Waals surface area contributed by atoms with E-state index in [4.69, 9.17) is 0 Å². The predicted octanol–water partition coefficient (Wildman–Crippen LogP) is 3.95. The number of carbonyl (C=O) groups excluding carboxylic acids is 2. The number of pyridine rings is 1. The van der Waals surface area contributed by atoms with E-state index >= 15 is 0 Å². The molecule has 2 aromatic heterocycles. The van der Waals surface area contributed by atoms with Gasteiger partial charge in [0.1, 0.15) is 6.04 Å². The number of hydrogen-bond acceptors (Lipinski definition) is 6. The van der Waals surface area contributed by atoms with Crippen molar-refractivity contribution in [3.63, 3.8) is 0 Å². The Bertz CT molecular complexity index is 1180. The zero-order valence-corrected chi connectivity index (χ0v) is 18.2. The van der Waals surface area contributed by atoms with Crippen LogP contribution in [-0.2, 0) is 11.3 Å². The molecule has 0 aliphatic carbocycles. The Morgan fingerprint density at radius 3 is 2.59 bits per heavy atom. The minimum absolute atomic E-state index is 0.182. The molecule has 0 aliphatic rings. The summed E-state index contributed by atoms with van der Waals surface area (Å²) >= 11 is 1.09. The summed E-state index contributed by atoms with van der Waals surface area (Å²) in [6.07, 6.45) is 3.23. The summed E-state index contributed by atoms with van der Waals surface area (Å²) in [5.41, 5.74) is 3.29. The fourth-order valence-corrected chi connectivity index (χ4v) is 3.81. The quantitative estimate of drug-likeness (QED) is 0.467. The Kier molecular flexibility index (Phi) is 6.62. The van der Waals surface area contributed by atoms with Gasteiger partial charge in [-0.2, -0.15) is 0 Å². The molecule has 1 atom stereocenters. The highest BCUT2D eigenvalue weighted by molar-refractivity contribution is 7.03. The van der Waals surface area contributed by atoms with Crippen molar-refractivity contribution in [3.05, 3.63) is 107 Å². The van der Waals surface area contributed by atoms with E-state index < -0.39 is 11.9 Å². The van der Waals surface area contributed by atoms with Gasteiger partial charge < -0.3 is 5.32 Å². The SMILES string of the molecule is Cc1cccc(N(C(=O)c2csnn2)[C@@H](C(=O)NCc2ccccc2)c2cccnc2)c1. The topological polar surface area (TPSA) is 88.1 Å². The van der Waals surface area contributed by atoms with Crippen LogP contribution < -0.4 is 10.2 Å². The molecule has 0 saturated heterocycles. The van der Waals surface area contributed by atoms with Crippen LogP contribution >= 0.6 is 11.5 Å². The maximum Gasteiger partial charge on any atom is 0.280 e. The van der Waals surface area contributed by atoms with Crippen LogP contribution in [0.25, 0.3) is 0 Å². The number of hydrogen-bond donors (Lipinski definition) is 1. The number of aromatic nitrogens is 3. The molecule has 0 spiro atoms. The first-order valence-corrected chi connectivity index (χ1v) is 10.9. The first-order valence-electron chi connectivity index (χ1n) is 10.0. The summed E-state index contributed by atoms with van der Waals surface area (Å²) < 4.78 is 3.82. The minimum Gasteiger partial charge on any atom is -0.350 e. The Balaban J connectivity index is 1.76. The van der Waals surface area contributed by atoms with Crippen LogP contribution in [0.2, 0.25) is 0 Å². The number of carbonyl (C=O) groups is 2. The van der Waals surface area contributed by atoms with Gasteiger partial charge in [-0.3, -0.25) is 19.5 Å². The van der Waals surface area contributed by atoms with E-state index in [1.54, 1.807) is 36.0 Å². The van der Waals surface area contributed by atoms with Gasteiger partial charge in [0.05, 0.1) is 0 Å². The molecule has 4 rings (SSSR count). The smallest absolute Gasteiger partial charge is 0.280 e. The number of nitrogens with zero attached hydrogens (tertiary/aromatic N) is 4. The Labute approximate surface area is 189 Å². The molecule has 32 heavy (non-hydrogen) atoms. The largest absolute Gasteiger partial charge is 0.350 e. The lowest BCUT2D eigenvalue weighted by molar-refractivity contribution is -0.122. The minimum atomic E-state index is -0.941. The van der Waals surface area contributed by atoms with Crippen molar-refractivity contribution >= 4 is 29.0 Å². The summed E-state index contributed by atoms with van der Waals surface area (Å²) in [4.78, 5) is 32.7. The number of nitrogens with one attached hydrogen (secondary N) is 1. The van der Waals surface area contributed by atoms with Crippen LogP contribution in [0.1, 0.15) is 33.2 Å². The van der Waals surface area contributed by atoms with Gasteiger partial charge in [0, 0.05) is 35.6 Å². The molecule has 1 N–H and O–H groups in total. The average Bonchev–Trinajstić information content (AvgIpc) is 3.37. The number of anilines is 1. The van der Waals surface area contributed by atoms with E-state index in [1.165, 1.54) is 4.90 Å². The van der Waals surface area contributed by atoms with Gasteiger partial charge in [0.2, 0.25) is 5.91 Å². The molecule has 4 aromatic rings. The lowest BCUT2D eigenvalue weighted by atomic mass is 10.0. The summed E-state index contributed by atoms with van der Waals surface area (Å²) in [5, 5.41) is 8.49. The lowest BCUT2D eigenvalue weighted by Crippen LogP contribution is -2.44. The zero-order chi connectivity index (χ0) is 22.3. The van der Waals surface area contributed by atoms with Crippen LogP contribution in [0.5, 0.6) is 0 Å². The van der Waals surface area contributed by atoms with Gasteiger partial charge in [-0.05, 0) is 47.8 Å². The van der Waals surface area contributed by atoms with E-state index in [-0.39, 0.29) is 11.6 Å². The van der Waals surface area contributed by atoms with Gasteiger partial charge in [-0.15, -0.1) is 5.10 Å². The number of aryl methyl sites for hydroxylation is 1. The molecular weight excluding hydrogens is 422 g/mol. The third-order valence-electron chi connectivity index (χ3n) is 4.89. The molecular formula is C24H21N5O2S. The molecule has 0 saturated carbocycles. The molecule has 0 radical (unpaired) electrons. The maximum atomic E-state index is 13.5. The molecule has 2 heterocycles. The van der Waals surface area contributed by atoms with Crippen LogP contribution in [0.15, 0.2) is 84.5 Å². The van der Waals surface area contributed by atoms with Crippen LogP contribution in [0.3, 0.4) is 0 Å². The first kappa shape index (κ1) is 21.3. The van der Waals surface area contributed by atoms with Gasteiger partial charge >= 0.3 is 0 Å². The fourth-order valence-electron chi connectivity index (χ4n) is 3.38. The highest BCUT2D eigenvalue weighted by Gasteiger charge is 2.34. The van der Waals surface area contributed by atoms with Crippen LogP contribution in [0.4, 0.5) is 5.69 Å². The monoisotopic (exact) mass is 443 g/mol. The molecule has 0 fully saturated rings. The Morgan fingerprint density at radius 2 is 1.91 bits per heavy atom. The van der Waals surface area contributed by atoms with Crippen molar-refractivity contribution in [2.24, 2.45) is 0 Å². The predicted molar refractivity (Wildman–Crippen MR) is 123 cm³/mol. The second-order valence-electron chi connectivity index (χ2n) is 7.20. The van der Waals surface area contributed by atoms with Crippen molar-refractivity contribution < 1.29 is 9.59 Å². The molecule has 2 aromatic carbocycles. The van der Waals surface area contributed by atoms with Crippen molar-refractivity contribution in [3.8, 4) is 0 Å². The summed E-state index contributed by atoms with van der Waals surface area (Å²) in [6.45, 7) is 2.27. The summed E-state index contributed by atoms with van der Waals surface area (Å²) in [6, 6.07) is 19.7. The van der Waals surface area contributed by atoms with Crippen LogP contribution in [0, 0.1) is 6.92 Å². The third kappa shape index (κ3) is 4.87. The highest BCUT2D eigenvalue weighted by atomic mass is 32.1. The lowest BCUT2D eigenvalue weighted by Gasteiger charge is -2.31. The Morgan fingerprint density at radius 1 is 1.06 bits per heavy atom. The van der Waals surface area contributed by atoms with Crippen molar-refractivity contribution in [1.82, 2.24) is 19.9 Å². The number of amides is 2. The fraction of sp³-hybridized carbons (Fsp3) is 0.125. The summed E-state index contributed by atoms with van der Waals surface area (Å²) in [7, 11) is 0. The zero-order valence-electron chi connectivity index (χ0n) is 17.4. The van der Waals surface area contributed by atoms with E-state index in [0.29, 0.717) is 17.8 Å².